The molecule has 104 valence electrons. The fourth-order valence-electron chi connectivity index (χ4n) is 2.00. The second kappa shape index (κ2) is 7.15. The van der Waals surface area contributed by atoms with Crippen molar-refractivity contribution in [2.24, 2.45) is 5.92 Å². The molecule has 0 aliphatic rings. The summed E-state index contributed by atoms with van der Waals surface area (Å²) in [6, 6.07) is 0.569. The Morgan fingerprint density at radius 2 is 1.89 bits per heavy atom. The van der Waals surface area contributed by atoms with E-state index in [9.17, 15) is 0 Å². The molecule has 0 radical (unpaired) electrons. The van der Waals surface area contributed by atoms with E-state index in [0.717, 1.165) is 35.4 Å². The summed E-state index contributed by atoms with van der Waals surface area (Å²) in [4.78, 5) is 0. The van der Waals surface area contributed by atoms with Gasteiger partial charge in [-0.15, -0.1) is 0 Å². The van der Waals surface area contributed by atoms with Crippen molar-refractivity contribution in [2.45, 2.75) is 60.0 Å². The van der Waals surface area contributed by atoms with Gasteiger partial charge in [-0.3, -0.25) is 4.68 Å². The maximum Gasteiger partial charge on any atom is 0.0844 e. The molecule has 0 aliphatic carbocycles. The molecule has 0 aliphatic heterocycles. The molecule has 1 atom stereocenters. The standard InChI is InChI=1S/C14H26ClN3/c1-10(2)6-7-11(3)16-8-9-18-13(5)14(15)12(4)17-18/h10-11,16H,6-9H2,1-5H3. The van der Waals surface area contributed by atoms with E-state index < -0.39 is 0 Å². The smallest absolute Gasteiger partial charge is 0.0844 e. The topological polar surface area (TPSA) is 29.9 Å². The van der Waals surface area contributed by atoms with Crippen LogP contribution in [0.3, 0.4) is 0 Å². The Balaban J connectivity index is 2.31. The molecule has 1 unspecified atom stereocenters. The maximum absolute atomic E-state index is 6.12. The third kappa shape index (κ3) is 4.62. The lowest BCUT2D eigenvalue weighted by Gasteiger charge is -2.15. The Labute approximate surface area is 116 Å². The van der Waals surface area contributed by atoms with E-state index in [-0.39, 0.29) is 0 Å². The molecule has 0 spiro atoms. The zero-order chi connectivity index (χ0) is 13.7. The molecule has 0 saturated heterocycles. The first-order chi connectivity index (χ1) is 8.41. The van der Waals surface area contributed by atoms with Crippen LogP contribution in [0.15, 0.2) is 0 Å². The van der Waals surface area contributed by atoms with E-state index in [1.807, 2.05) is 18.5 Å². The van der Waals surface area contributed by atoms with Crippen LogP contribution in [0.2, 0.25) is 5.02 Å². The molecular weight excluding hydrogens is 246 g/mol. The van der Waals surface area contributed by atoms with Crippen LogP contribution < -0.4 is 5.32 Å². The number of rotatable bonds is 7. The predicted molar refractivity (Wildman–Crippen MR) is 78.2 cm³/mol. The van der Waals surface area contributed by atoms with Crippen molar-refractivity contribution in [2.75, 3.05) is 6.54 Å². The van der Waals surface area contributed by atoms with Crippen LogP contribution in [0.1, 0.15) is 45.0 Å². The Hall–Kier alpha value is -0.540. The van der Waals surface area contributed by atoms with E-state index in [1.54, 1.807) is 0 Å². The third-order valence-corrected chi connectivity index (χ3v) is 3.83. The molecule has 0 saturated carbocycles. The quantitative estimate of drug-likeness (QED) is 0.822. The highest BCUT2D eigenvalue weighted by Gasteiger charge is 2.09. The molecule has 1 rings (SSSR count). The Kier molecular flexibility index (Phi) is 6.16. The van der Waals surface area contributed by atoms with Gasteiger partial charge in [0.05, 0.1) is 23.0 Å². The van der Waals surface area contributed by atoms with E-state index >= 15 is 0 Å². The summed E-state index contributed by atoms with van der Waals surface area (Å²) in [6.07, 6.45) is 2.51. The van der Waals surface area contributed by atoms with E-state index in [0.29, 0.717) is 6.04 Å². The van der Waals surface area contributed by atoms with E-state index in [1.165, 1.54) is 12.8 Å². The van der Waals surface area contributed by atoms with E-state index in [2.05, 4.69) is 31.2 Å². The molecule has 0 fully saturated rings. The van der Waals surface area contributed by atoms with Crippen molar-refractivity contribution in [3.8, 4) is 0 Å². The molecule has 1 heterocycles. The fraction of sp³-hybridized carbons (Fsp3) is 0.786. The van der Waals surface area contributed by atoms with Gasteiger partial charge in [-0.1, -0.05) is 25.4 Å². The van der Waals surface area contributed by atoms with Gasteiger partial charge in [0.15, 0.2) is 0 Å². The number of aromatic nitrogens is 2. The molecular formula is C14H26ClN3. The lowest BCUT2D eigenvalue weighted by Crippen LogP contribution is -2.30. The summed E-state index contributed by atoms with van der Waals surface area (Å²) >= 11 is 6.12. The highest BCUT2D eigenvalue weighted by Crippen LogP contribution is 2.18. The number of nitrogens with zero attached hydrogens (tertiary/aromatic N) is 2. The van der Waals surface area contributed by atoms with Crippen LogP contribution >= 0.6 is 11.6 Å². The van der Waals surface area contributed by atoms with Gasteiger partial charge in [-0.25, -0.2) is 0 Å². The van der Waals surface area contributed by atoms with Crippen LogP contribution in [-0.4, -0.2) is 22.4 Å². The largest absolute Gasteiger partial charge is 0.312 e. The first-order valence-corrected chi connectivity index (χ1v) is 7.22. The SMILES string of the molecule is Cc1nn(CCNC(C)CCC(C)C)c(C)c1Cl. The number of aryl methyl sites for hydroxylation is 1. The van der Waals surface area contributed by atoms with Gasteiger partial charge in [-0.2, -0.15) is 5.10 Å². The Bertz CT molecular complexity index is 371. The van der Waals surface area contributed by atoms with Gasteiger partial charge < -0.3 is 5.32 Å². The lowest BCUT2D eigenvalue weighted by atomic mass is 10.0. The highest BCUT2D eigenvalue weighted by atomic mass is 35.5. The first kappa shape index (κ1) is 15.5. The maximum atomic E-state index is 6.12. The molecule has 1 aromatic heterocycles. The van der Waals surface area contributed by atoms with Crippen LogP contribution in [0.5, 0.6) is 0 Å². The molecule has 18 heavy (non-hydrogen) atoms. The second-order valence-electron chi connectivity index (χ2n) is 5.53. The van der Waals surface area contributed by atoms with Gasteiger partial charge in [0.2, 0.25) is 0 Å². The minimum absolute atomic E-state index is 0.569. The first-order valence-electron chi connectivity index (χ1n) is 6.84. The minimum atomic E-state index is 0.569. The van der Waals surface area contributed by atoms with E-state index in [4.69, 9.17) is 11.6 Å². The third-order valence-electron chi connectivity index (χ3n) is 3.29. The monoisotopic (exact) mass is 271 g/mol. The molecule has 3 nitrogen and oxygen atoms in total. The van der Waals surface area contributed by atoms with Crippen LogP contribution in [0, 0.1) is 19.8 Å². The van der Waals surface area contributed by atoms with Gasteiger partial charge in [0, 0.05) is 12.6 Å². The van der Waals surface area contributed by atoms with Crippen molar-refractivity contribution in [1.29, 1.82) is 0 Å². The molecule has 4 heteroatoms. The van der Waals surface area contributed by atoms with Gasteiger partial charge >= 0.3 is 0 Å². The molecule has 0 amide bonds. The molecule has 1 N–H and O–H groups in total. The van der Waals surface area contributed by atoms with Crippen molar-refractivity contribution in [1.82, 2.24) is 15.1 Å². The van der Waals surface area contributed by atoms with Crippen molar-refractivity contribution in [3.63, 3.8) is 0 Å². The number of nitrogens with one attached hydrogen (secondary N) is 1. The summed E-state index contributed by atoms with van der Waals surface area (Å²) in [5.74, 6) is 0.782. The number of hydrogen-bond acceptors (Lipinski definition) is 2. The zero-order valence-electron chi connectivity index (χ0n) is 12.3. The van der Waals surface area contributed by atoms with Crippen molar-refractivity contribution >= 4 is 11.6 Å². The summed E-state index contributed by atoms with van der Waals surface area (Å²) < 4.78 is 1.99. The lowest BCUT2D eigenvalue weighted by molar-refractivity contribution is 0.433. The molecule has 0 aromatic carbocycles. The Morgan fingerprint density at radius 1 is 1.22 bits per heavy atom. The summed E-state index contributed by atoms with van der Waals surface area (Å²) in [5.41, 5.74) is 1.98. The fourth-order valence-corrected chi connectivity index (χ4v) is 2.13. The predicted octanol–water partition coefficient (Wildman–Crippen LogP) is 3.57. The highest BCUT2D eigenvalue weighted by molar-refractivity contribution is 6.31. The van der Waals surface area contributed by atoms with Crippen molar-refractivity contribution < 1.29 is 0 Å². The summed E-state index contributed by atoms with van der Waals surface area (Å²) in [7, 11) is 0. The number of hydrogen-bond donors (Lipinski definition) is 1. The van der Waals surface area contributed by atoms with Gasteiger partial charge in [0.25, 0.3) is 0 Å². The van der Waals surface area contributed by atoms with Gasteiger partial charge in [0.1, 0.15) is 0 Å². The Morgan fingerprint density at radius 3 is 2.39 bits per heavy atom. The normalized spacial score (nSPS) is 13.3. The molecule has 0 bridgehead atoms. The second-order valence-corrected chi connectivity index (χ2v) is 5.91. The van der Waals surface area contributed by atoms with Crippen LogP contribution in [-0.2, 0) is 6.54 Å². The van der Waals surface area contributed by atoms with Crippen LogP contribution in [0.4, 0.5) is 0 Å². The average molecular weight is 272 g/mol. The van der Waals surface area contributed by atoms with Crippen molar-refractivity contribution in [3.05, 3.63) is 16.4 Å². The van der Waals surface area contributed by atoms with Crippen LogP contribution in [0.25, 0.3) is 0 Å². The summed E-state index contributed by atoms with van der Waals surface area (Å²) in [6.45, 7) is 12.6. The summed E-state index contributed by atoms with van der Waals surface area (Å²) in [5, 5.41) is 8.76. The average Bonchev–Trinajstić information content (AvgIpc) is 2.54. The number of halogens is 1. The van der Waals surface area contributed by atoms with Gasteiger partial charge in [-0.05, 0) is 39.5 Å². The zero-order valence-corrected chi connectivity index (χ0v) is 13.0. The minimum Gasteiger partial charge on any atom is -0.312 e. The molecule has 1 aromatic rings.